The third-order valence-corrected chi connectivity index (χ3v) is 6.36. The lowest BCUT2D eigenvalue weighted by Crippen LogP contribution is -2.24. The Balaban J connectivity index is 1.82. The molecule has 0 fully saturated rings. The van der Waals surface area contributed by atoms with E-state index in [0.717, 1.165) is 55.2 Å². The molecule has 0 bridgehead atoms. The highest BCUT2D eigenvalue weighted by molar-refractivity contribution is 5.63. The number of unbranched alkanes of at least 4 members (excludes halogenated alkanes) is 4. The van der Waals surface area contributed by atoms with Crippen LogP contribution in [-0.4, -0.2) is 0 Å². The van der Waals surface area contributed by atoms with Gasteiger partial charge in [0.15, 0.2) is 0 Å². The largest absolute Gasteiger partial charge is 0.208 e. The minimum Gasteiger partial charge on any atom is -0.208 e. The molecule has 1 aliphatic carbocycles. The topological polar surface area (TPSA) is 0 Å². The van der Waals surface area contributed by atoms with Gasteiger partial charge in [-0.05, 0) is 29.5 Å². The third kappa shape index (κ3) is 5.09. The van der Waals surface area contributed by atoms with E-state index in [-0.39, 0.29) is 0 Å². The summed E-state index contributed by atoms with van der Waals surface area (Å²) in [5, 5.41) is 0. The second kappa shape index (κ2) is 10.7. The summed E-state index contributed by atoms with van der Waals surface area (Å²) in [4.78, 5) is 0. The van der Waals surface area contributed by atoms with Gasteiger partial charge in [0.05, 0.1) is 5.92 Å². The van der Waals surface area contributed by atoms with Crippen LogP contribution in [0.2, 0.25) is 0 Å². The predicted molar refractivity (Wildman–Crippen MR) is 124 cm³/mol. The normalized spacial score (nSPS) is 18.1. The fourth-order valence-corrected chi connectivity index (χ4v) is 4.48. The van der Waals surface area contributed by atoms with Crippen molar-refractivity contribution >= 4 is 0 Å². The maximum absolute atomic E-state index is 15.5. The van der Waals surface area contributed by atoms with Crippen molar-refractivity contribution in [1.29, 1.82) is 0 Å². The molecule has 0 nitrogen and oxygen atoms in total. The van der Waals surface area contributed by atoms with Crippen molar-refractivity contribution in [2.24, 2.45) is 5.41 Å². The Morgan fingerprint density at radius 3 is 1.87 bits per heavy atom. The van der Waals surface area contributed by atoms with Gasteiger partial charge in [-0.2, -0.15) is 0 Å². The first kappa shape index (κ1) is 22.5. The molecule has 0 aliphatic heterocycles. The number of hydrogen-bond acceptors (Lipinski definition) is 0. The fraction of sp³-hybridized carbons (Fsp3) is 0.429. The Hall–Kier alpha value is -2.22. The van der Waals surface area contributed by atoms with Crippen molar-refractivity contribution < 1.29 is 8.78 Å². The Labute approximate surface area is 180 Å². The quantitative estimate of drug-likeness (QED) is 0.271. The van der Waals surface area contributed by atoms with Crippen molar-refractivity contribution in [3.63, 3.8) is 0 Å². The molecule has 1 atom stereocenters. The van der Waals surface area contributed by atoms with E-state index in [4.69, 9.17) is 0 Å². The van der Waals surface area contributed by atoms with E-state index < -0.39 is 23.0 Å². The number of halogens is 2. The number of rotatable bonds is 10. The minimum absolute atomic E-state index is 0.533. The summed E-state index contributed by atoms with van der Waals surface area (Å²) in [6.07, 6.45) is 11.4. The van der Waals surface area contributed by atoms with Gasteiger partial charge in [0.25, 0.3) is 0 Å². The first-order valence-electron chi connectivity index (χ1n) is 11.5. The van der Waals surface area contributed by atoms with Crippen LogP contribution in [0, 0.1) is 5.41 Å². The van der Waals surface area contributed by atoms with Crippen molar-refractivity contribution in [3.8, 4) is 11.1 Å². The van der Waals surface area contributed by atoms with Crippen LogP contribution < -0.4 is 0 Å². The van der Waals surface area contributed by atoms with Gasteiger partial charge < -0.3 is 0 Å². The summed E-state index contributed by atoms with van der Waals surface area (Å²) < 4.78 is 30.8. The van der Waals surface area contributed by atoms with Crippen LogP contribution in [0.3, 0.4) is 0 Å². The molecule has 30 heavy (non-hydrogen) atoms. The molecule has 160 valence electrons. The van der Waals surface area contributed by atoms with Gasteiger partial charge in [-0.1, -0.05) is 119 Å². The molecule has 0 amide bonds. The summed E-state index contributed by atoms with van der Waals surface area (Å²) >= 11 is 0. The van der Waals surface area contributed by atoms with Crippen LogP contribution in [0.4, 0.5) is 8.78 Å². The smallest absolute Gasteiger partial charge is 0.143 e. The highest BCUT2D eigenvalue weighted by Gasteiger charge is 2.39. The lowest BCUT2D eigenvalue weighted by molar-refractivity contribution is 0.268. The van der Waals surface area contributed by atoms with E-state index in [1.54, 1.807) is 0 Å². The molecule has 2 aromatic carbocycles. The molecule has 0 spiro atoms. The molecular weight excluding hydrogens is 374 g/mol. The van der Waals surface area contributed by atoms with Gasteiger partial charge in [0, 0.05) is 5.41 Å². The van der Waals surface area contributed by atoms with E-state index in [0.29, 0.717) is 12.8 Å². The zero-order chi connectivity index (χ0) is 21.4. The summed E-state index contributed by atoms with van der Waals surface area (Å²) in [5.41, 5.74) is 2.25. The van der Waals surface area contributed by atoms with Crippen molar-refractivity contribution in [2.75, 3.05) is 0 Å². The van der Waals surface area contributed by atoms with Crippen LogP contribution in [0.5, 0.6) is 0 Å². The Bertz CT molecular complexity index is 836. The highest BCUT2D eigenvalue weighted by Crippen LogP contribution is 2.49. The van der Waals surface area contributed by atoms with Gasteiger partial charge in [-0.15, -0.1) is 0 Å². The van der Waals surface area contributed by atoms with Crippen molar-refractivity contribution in [3.05, 3.63) is 84.0 Å². The maximum Gasteiger partial charge on any atom is 0.143 e. The van der Waals surface area contributed by atoms with Crippen LogP contribution in [0.15, 0.2) is 78.4 Å². The standard InChI is InChI=1S/C28H34F2/c1-3-5-10-19-28(20-11-6-4-2)21-18-25(26(29)27(28)30)24-16-14-23(15-17-24)22-12-8-7-9-13-22/h7-9,12-18,21,25H,3-6,10-11,19-20H2,1-2H3. The number of hydrogen-bond donors (Lipinski definition) is 0. The average Bonchev–Trinajstić information content (AvgIpc) is 2.79. The Kier molecular flexibility index (Phi) is 8.01. The zero-order valence-corrected chi connectivity index (χ0v) is 18.3. The summed E-state index contributed by atoms with van der Waals surface area (Å²) in [6.45, 7) is 4.28. The molecule has 0 heterocycles. The highest BCUT2D eigenvalue weighted by atomic mass is 19.2. The second-order valence-corrected chi connectivity index (χ2v) is 8.56. The molecule has 2 aromatic rings. The van der Waals surface area contributed by atoms with Crippen molar-refractivity contribution in [2.45, 2.75) is 71.1 Å². The van der Waals surface area contributed by atoms with Crippen molar-refractivity contribution in [1.82, 2.24) is 0 Å². The van der Waals surface area contributed by atoms with Gasteiger partial charge in [0.2, 0.25) is 0 Å². The first-order chi connectivity index (χ1) is 14.6. The Morgan fingerprint density at radius 2 is 1.30 bits per heavy atom. The molecule has 0 N–H and O–H groups in total. The van der Waals surface area contributed by atoms with Gasteiger partial charge in [-0.3, -0.25) is 0 Å². The summed E-state index contributed by atoms with van der Waals surface area (Å²) in [6, 6.07) is 17.9. The van der Waals surface area contributed by atoms with Crippen LogP contribution in [-0.2, 0) is 0 Å². The molecule has 1 aliphatic rings. The lowest BCUT2D eigenvalue weighted by Gasteiger charge is -2.34. The van der Waals surface area contributed by atoms with Crippen LogP contribution in [0.25, 0.3) is 11.1 Å². The Morgan fingerprint density at radius 1 is 0.733 bits per heavy atom. The summed E-state index contributed by atoms with van der Waals surface area (Å²) in [5.74, 6) is -1.76. The van der Waals surface area contributed by atoms with Gasteiger partial charge in [-0.25, -0.2) is 8.78 Å². The molecular formula is C28H34F2. The van der Waals surface area contributed by atoms with E-state index in [2.05, 4.69) is 26.0 Å². The maximum atomic E-state index is 15.5. The average molecular weight is 409 g/mol. The molecule has 3 rings (SSSR count). The van der Waals surface area contributed by atoms with Crippen LogP contribution >= 0.6 is 0 Å². The molecule has 0 saturated carbocycles. The number of allylic oxidation sites excluding steroid dienone is 4. The SMILES string of the molecule is CCCCCC1(CCCCC)C=CC(c2ccc(-c3ccccc3)cc2)C(F)=C1F. The fourth-order valence-electron chi connectivity index (χ4n) is 4.48. The molecule has 2 heteroatoms. The number of benzene rings is 2. The predicted octanol–water partition coefficient (Wildman–Crippen LogP) is 9.30. The van der Waals surface area contributed by atoms with E-state index in [1.165, 1.54) is 0 Å². The molecule has 0 saturated heterocycles. The molecule has 0 aromatic heterocycles. The van der Waals surface area contributed by atoms with Gasteiger partial charge in [0.1, 0.15) is 11.7 Å². The van der Waals surface area contributed by atoms with E-state index in [1.807, 2.05) is 54.6 Å². The summed E-state index contributed by atoms with van der Waals surface area (Å²) in [7, 11) is 0. The monoisotopic (exact) mass is 408 g/mol. The molecule has 1 unspecified atom stereocenters. The second-order valence-electron chi connectivity index (χ2n) is 8.56. The lowest BCUT2D eigenvalue weighted by atomic mass is 9.71. The molecule has 0 radical (unpaired) electrons. The van der Waals surface area contributed by atoms with E-state index in [9.17, 15) is 0 Å². The third-order valence-electron chi connectivity index (χ3n) is 6.36. The first-order valence-corrected chi connectivity index (χ1v) is 11.5. The van der Waals surface area contributed by atoms with Crippen LogP contribution in [0.1, 0.15) is 76.7 Å². The van der Waals surface area contributed by atoms with Gasteiger partial charge >= 0.3 is 0 Å². The minimum atomic E-state index is -0.755. The van der Waals surface area contributed by atoms with E-state index >= 15 is 8.78 Å². The zero-order valence-electron chi connectivity index (χ0n) is 18.3.